The summed E-state index contributed by atoms with van der Waals surface area (Å²) in [5, 5.41) is 9.63. The van der Waals surface area contributed by atoms with E-state index in [9.17, 15) is 14.7 Å². The van der Waals surface area contributed by atoms with Gasteiger partial charge in [0.1, 0.15) is 6.61 Å². The van der Waals surface area contributed by atoms with Crippen LogP contribution < -0.4 is 0 Å². The summed E-state index contributed by atoms with van der Waals surface area (Å²) in [6.45, 7) is 3.96. The van der Waals surface area contributed by atoms with E-state index in [0.29, 0.717) is 12.8 Å². The summed E-state index contributed by atoms with van der Waals surface area (Å²) in [6, 6.07) is 0. The molecule has 5 nitrogen and oxygen atoms in total. The molecule has 1 N–H and O–H groups in total. The summed E-state index contributed by atoms with van der Waals surface area (Å²) in [5.74, 6) is -0.670. The average Bonchev–Trinajstić information content (AvgIpc) is 3.32. The van der Waals surface area contributed by atoms with Crippen LogP contribution in [-0.4, -0.2) is 36.4 Å². The van der Waals surface area contributed by atoms with Crippen molar-refractivity contribution in [3.05, 3.63) is 134 Å². The van der Waals surface area contributed by atoms with Crippen LogP contribution in [0.15, 0.2) is 134 Å². The summed E-state index contributed by atoms with van der Waals surface area (Å²) >= 11 is 0. The van der Waals surface area contributed by atoms with Crippen molar-refractivity contribution in [3.8, 4) is 0 Å². The molecule has 0 aliphatic rings. The smallest absolute Gasteiger partial charge is 0.306 e. The van der Waals surface area contributed by atoms with E-state index in [2.05, 4.69) is 148 Å². The van der Waals surface area contributed by atoms with Gasteiger partial charge >= 0.3 is 11.9 Å². The van der Waals surface area contributed by atoms with Gasteiger partial charge in [0.05, 0.1) is 6.61 Å². The van der Waals surface area contributed by atoms with Gasteiger partial charge in [-0.1, -0.05) is 231 Å². The molecule has 0 aromatic rings. The fourth-order valence-electron chi connectivity index (χ4n) is 6.94. The molecule has 0 aliphatic heterocycles. The Kier molecular flexibility index (Phi) is 52.0. The number of unbranched alkanes of at least 4 members (excludes halogenated alkanes) is 17. The zero-order valence-corrected chi connectivity index (χ0v) is 42.4. The number of aliphatic hydroxyl groups is 1. The van der Waals surface area contributed by atoms with Gasteiger partial charge in [-0.15, -0.1) is 0 Å². The lowest BCUT2D eigenvalue weighted by Gasteiger charge is -2.15. The molecule has 0 bridgehead atoms. The van der Waals surface area contributed by atoms with E-state index in [1.807, 2.05) is 0 Å². The van der Waals surface area contributed by atoms with Crippen LogP contribution in [0.25, 0.3) is 0 Å². The molecule has 0 rings (SSSR count). The second-order valence-electron chi connectivity index (χ2n) is 17.2. The van der Waals surface area contributed by atoms with Crippen molar-refractivity contribution in [2.45, 2.75) is 225 Å². The topological polar surface area (TPSA) is 72.8 Å². The normalized spacial score (nSPS) is 13.3. The van der Waals surface area contributed by atoms with Crippen molar-refractivity contribution in [3.63, 3.8) is 0 Å². The molecule has 1 unspecified atom stereocenters. The fourth-order valence-corrected chi connectivity index (χ4v) is 6.94. The largest absolute Gasteiger partial charge is 0.462 e. The van der Waals surface area contributed by atoms with Gasteiger partial charge in [-0.3, -0.25) is 9.59 Å². The molecule has 0 radical (unpaired) electrons. The molecule has 0 aliphatic carbocycles. The van der Waals surface area contributed by atoms with Crippen LogP contribution >= 0.6 is 0 Å². The predicted octanol–water partition coefficient (Wildman–Crippen LogP) is 18.1. The Hall–Kier alpha value is -3.96. The molecule has 0 saturated carbocycles. The maximum atomic E-state index is 12.3. The zero-order chi connectivity index (χ0) is 47.7. The predicted molar refractivity (Wildman–Crippen MR) is 288 cm³/mol. The Labute approximate surface area is 406 Å². The molecule has 1 atom stereocenters. The highest BCUT2D eigenvalue weighted by Gasteiger charge is 2.16. The molecule has 5 heteroatoms. The second kappa shape index (κ2) is 55.4. The van der Waals surface area contributed by atoms with Crippen LogP contribution in [-0.2, 0) is 19.1 Å². The molecule has 66 heavy (non-hydrogen) atoms. The van der Waals surface area contributed by atoms with Crippen LogP contribution in [0.4, 0.5) is 0 Å². The minimum Gasteiger partial charge on any atom is -0.462 e. The number of ether oxygens (including phenoxy) is 2. The lowest BCUT2D eigenvalue weighted by molar-refractivity contribution is -0.161. The number of aliphatic hydroxyl groups excluding tert-OH is 1. The first kappa shape index (κ1) is 62.0. The van der Waals surface area contributed by atoms with E-state index in [1.165, 1.54) is 96.3 Å². The first-order valence-corrected chi connectivity index (χ1v) is 26.7. The van der Waals surface area contributed by atoms with Crippen molar-refractivity contribution in [2.24, 2.45) is 0 Å². The number of hydrogen-bond acceptors (Lipinski definition) is 5. The van der Waals surface area contributed by atoms with E-state index in [1.54, 1.807) is 0 Å². The van der Waals surface area contributed by atoms with E-state index in [0.717, 1.165) is 89.9 Å². The van der Waals surface area contributed by atoms with Crippen LogP contribution in [0.1, 0.15) is 219 Å². The molecule has 0 aromatic heterocycles. The Morgan fingerprint density at radius 2 is 0.667 bits per heavy atom. The molecular formula is C61H98O5. The van der Waals surface area contributed by atoms with Gasteiger partial charge in [0.25, 0.3) is 0 Å². The van der Waals surface area contributed by atoms with Crippen molar-refractivity contribution in [1.82, 2.24) is 0 Å². The standard InChI is InChI=1S/C61H98O5/c1-3-5-7-9-11-13-15-17-19-21-23-25-27-28-29-30-31-32-34-36-38-40-42-44-46-48-50-52-54-56-61(64)66-59(57-62)58-65-60(63)55-53-51-49-47-45-43-41-39-37-35-33-26-24-22-20-18-16-14-12-10-8-6-4-2/h5,7,11,13,16-19,22-25,28-29,31-32,36,38,42,44,48,50,59,62H,3-4,6,8-10,12,14-15,20-21,26-27,30,33-35,37,39-41,43,45-47,49,51-58H2,1-2H3/b7-5-,13-11-,18-16-,19-17-,24-22-,25-23-,29-28-,32-31-,38-36-,44-42-,50-48-. The van der Waals surface area contributed by atoms with Crippen molar-refractivity contribution in [1.29, 1.82) is 0 Å². The van der Waals surface area contributed by atoms with Gasteiger partial charge in [-0.25, -0.2) is 0 Å². The molecule has 0 amide bonds. The third-order valence-corrected chi connectivity index (χ3v) is 10.9. The Morgan fingerprint density at radius 1 is 0.364 bits per heavy atom. The number of carbonyl (C=O) groups excluding carboxylic acids is 2. The van der Waals surface area contributed by atoms with Gasteiger partial charge in [-0.2, -0.15) is 0 Å². The fraction of sp³-hybridized carbons (Fsp3) is 0.607. The van der Waals surface area contributed by atoms with E-state index < -0.39 is 6.10 Å². The van der Waals surface area contributed by atoms with Crippen LogP contribution in [0.2, 0.25) is 0 Å². The lowest BCUT2D eigenvalue weighted by atomic mass is 10.0. The van der Waals surface area contributed by atoms with Gasteiger partial charge in [-0.05, 0) is 109 Å². The number of allylic oxidation sites excluding steroid dienone is 22. The maximum absolute atomic E-state index is 12.3. The van der Waals surface area contributed by atoms with Gasteiger partial charge < -0.3 is 14.6 Å². The second-order valence-corrected chi connectivity index (χ2v) is 17.2. The van der Waals surface area contributed by atoms with Crippen LogP contribution in [0, 0.1) is 0 Å². The molecule has 0 spiro atoms. The van der Waals surface area contributed by atoms with E-state index in [-0.39, 0.29) is 31.6 Å². The van der Waals surface area contributed by atoms with Crippen LogP contribution in [0.3, 0.4) is 0 Å². The number of carbonyl (C=O) groups is 2. The quantitative estimate of drug-likeness (QED) is 0.0374. The third-order valence-electron chi connectivity index (χ3n) is 10.9. The Balaban J connectivity index is 3.68. The minimum atomic E-state index is -0.814. The van der Waals surface area contributed by atoms with E-state index in [4.69, 9.17) is 9.47 Å². The summed E-state index contributed by atoms with van der Waals surface area (Å²) in [4.78, 5) is 24.5. The SMILES string of the molecule is CC/C=C\C/C=C\C/C=C\C/C=C\C/C=C\C/C=C\C/C=C\C/C=C\C/C=C\CCCC(=O)OC(CO)COC(=O)CCCCCCCCCCCCC/C=C\C/C=C\CCCCCCC. The van der Waals surface area contributed by atoms with Crippen molar-refractivity contribution >= 4 is 11.9 Å². The molecule has 0 aromatic carbocycles. The number of esters is 2. The lowest BCUT2D eigenvalue weighted by Crippen LogP contribution is -2.28. The number of hydrogen-bond donors (Lipinski definition) is 1. The highest BCUT2D eigenvalue weighted by atomic mass is 16.6. The summed E-state index contributed by atoms with van der Waals surface area (Å²) < 4.78 is 10.6. The monoisotopic (exact) mass is 911 g/mol. The highest BCUT2D eigenvalue weighted by molar-refractivity contribution is 5.70. The zero-order valence-electron chi connectivity index (χ0n) is 42.4. The van der Waals surface area contributed by atoms with Gasteiger partial charge in [0.2, 0.25) is 0 Å². The summed E-state index contributed by atoms with van der Waals surface area (Å²) in [6.07, 6.45) is 82.6. The average molecular weight is 911 g/mol. The summed E-state index contributed by atoms with van der Waals surface area (Å²) in [5.41, 5.74) is 0. The first-order chi connectivity index (χ1) is 32.6. The summed E-state index contributed by atoms with van der Waals surface area (Å²) in [7, 11) is 0. The molecule has 0 saturated heterocycles. The minimum absolute atomic E-state index is 0.0986. The molecule has 0 fully saturated rings. The third kappa shape index (κ3) is 52.7. The number of rotatable bonds is 47. The van der Waals surface area contributed by atoms with Gasteiger partial charge in [0, 0.05) is 12.8 Å². The van der Waals surface area contributed by atoms with Crippen molar-refractivity contribution in [2.75, 3.05) is 13.2 Å². The van der Waals surface area contributed by atoms with Crippen LogP contribution in [0.5, 0.6) is 0 Å². The molecule has 372 valence electrons. The molecular weight excluding hydrogens is 813 g/mol. The first-order valence-electron chi connectivity index (χ1n) is 26.7. The highest BCUT2D eigenvalue weighted by Crippen LogP contribution is 2.14. The van der Waals surface area contributed by atoms with E-state index >= 15 is 0 Å². The Morgan fingerprint density at radius 3 is 1.03 bits per heavy atom. The van der Waals surface area contributed by atoms with Gasteiger partial charge in [0.15, 0.2) is 6.10 Å². The Bertz CT molecular complexity index is 1400. The van der Waals surface area contributed by atoms with Crippen molar-refractivity contribution < 1.29 is 24.2 Å². The molecule has 0 heterocycles. The maximum Gasteiger partial charge on any atom is 0.306 e.